The van der Waals surface area contributed by atoms with Crippen LogP contribution in [0.5, 0.6) is 0 Å². The molecule has 0 N–H and O–H groups in total. The van der Waals surface area contributed by atoms with Crippen molar-refractivity contribution in [2.75, 3.05) is 13.2 Å². The zero-order valence-corrected chi connectivity index (χ0v) is 13.9. The van der Waals surface area contributed by atoms with Gasteiger partial charge in [0.2, 0.25) is 0 Å². The Hall–Kier alpha value is -1.86. The molecule has 124 valence electrons. The minimum absolute atomic E-state index is 0.0932. The van der Waals surface area contributed by atoms with Crippen LogP contribution in [0.3, 0.4) is 0 Å². The minimum atomic E-state index is -0.0932. The average Bonchev–Trinajstić information content (AvgIpc) is 3.00. The zero-order valence-electron chi connectivity index (χ0n) is 13.9. The van der Waals surface area contributed by atoms with Gasteiger partial charge in [-0.15, -0.1) is 0 Å². The highest BCUT2D eigenvalue weighted by molar-refractivity contribution is 5.69. The first-order valence-electron chi connectivity index (χ1n) is 8.55. The Labute approximate surface area is 139 Å². The van der Waals surface area contributed by atoms with Gasteiger partial charge in [-0.1, -0.05) is 36.8 Å². The standard InChI is InChI=1S/C19H26N2O2/c1-2-23-19(22)14-17-10-6-11-18(17)21(13-7-12-20)15-16-8-4-3-5-9-16/h3-5,8-9,17-18H,2,6-7,10-11,13-15H2,1H3/t17-,18-/m1/s1. The number of hydrogen-bond acceptors (Lipinski definition) is 4. The summed E-state index contributed by atoms with van der Waals surface area (Å²) < 4.78 is 5.12. The van der Waals surface area contributed by atoms with E-state index < -0.39 is 0 Å². The summed E-state index contributed by atoms with van der Waals surface area (Å²) >= 11 is 0. The van der Waals surface area contributed by atoms with Crippen molar-refractivity contribution in [3.8, 4) is 6.07 Å². The maximum Gasteiger partial charge on any atom is 0.306 e. The number of esters is 1. The van der Waals surface area contributed by atoms with E-state index in [1.54, 1.807) is 0 Å². The molecule has 0 bridgehead atoms. The minimum Gasteiger partial charge on any atom is -0.466 e. The Morgan fingerprint density at radius 1 is 1.35 bits per heavy atom. The molecule has 1 aromatic rings. The molecule has 0 aromatic heterocycles. The molecule has 0 amide bonds. The van der Waals surface area contributed by atoms with E-state index in [2.05, 4.69) is 23.1 Å². The van der Waals surface area contributed by atoms with Gasteiger partial charge in [-0.25, -0.2) is 0 Å². The van der Waals surface area contributed by atoms with Crippen LogP contribution in [0.2, 0.25) is 0 Å². The molecule has 0 spiro atoms. The molecular formula is C19H26N2O2. The van der Waals surface area contributed by atoms with Crippen molar-refractivity contribution in [3.63, 3.8) is 0 Å². The summed E-state index contributed by atoms with van der Waals surface area (Å²) in [6.07, 6.45) is 4.34. The van der Waals surface area contributed by atoms with E-state index in [9.17, 15) is 4.79 Å². The lowest BCUT2D eigenvalue weighted by atomic mass is 9.97. The number of ether oxygens (including phenoxy) is 1. The van der Waals surface area contributed by atoms with E-state index >= 15 is 0 Å². The van der Waals surface area contributed by atoms with Crippen LogP contribution >= 0.6 is 0 Å². The highest BCUT2D eigenvalue weighted by Crippen LogP contribution is 2.33. The topological polar surface area (TPSA) is 53.3 Å². The molecule has 0 heterocycles. The molecule has 23 heavy (non-hydrogen) atoms. The predicted octanol–water partition coefficient (Wildman–Crippen LogP) is 3.52. The van der Waals surface area contributed by atoms with Crippen molar-refractivity contribution in [2.45, 2.75) is 51.6 Å². The summed E-state index contributed by atoms with van der Waals surface area (Å²) in [6, 6.07) is 13.0. The first-order valence-corrected chi connectivity index (χ1v) is 8.55. The number of nitrogens with zero attached hydrogens (tertiary/aromatic N) is 2. The molecular weight excluding hydrogens is 288 g/mol. The van der Waals surface area contributed by atoms with E-state index in [0.29, 0.717) is 31.4 Å². The summed E-state index contributed by atoms with van der Waals surface area (Å²) in [5.41, 5.74) is 1.26. The number of hydrogen-bond donors (Lipinski definition) is 0. The second-order valence-corrected chi connectivity index (χ2v) is 6.13. The fraction of sp³-hybridized carbons (Fsp3) is 0.579. The molecule has 2 rings (SSSR count). The predicted molar refractivity (Wildman–Crippen MR) is 89.5 cm³/mol. The maximum absolute atomic E-state index is 11.8. The van der Waals surface area contributed by atoms with Crippen LogP contribution in [0, 0.1) is 17.2 Å². The molecule has 0 radical (unpaired) electrons. The molecule has 0 unspecified atom stereocenters. The molecule has 2 atom stereocenters. The van der Waals surface area contributed by atoms with E-state index in [-0.39, 0.29) is 5.97 Å². The van der Waals surface area contributed by atoms with Crippen LogP contribution in [0.4, 0.5) is 0 Å². The van der Waals surface area contributed by atoms with Crippen LogP contribution in [0.15, 0.2) is 30.3 Å². The van der Waals surface area contributed by atoms with Crippen LogP contribution in [0.1, 0.15) is 44.6 Å². The van der Waals surface area contributed by atoms with Gasteiger partial charge in [0.05, 0.1) is 12.7 Å². The molecule has 0 saturated heterocycles. The molecule has 1 aliphatic carbocycles. The second-order valence-electron chi connectivity index (χ2n) is 6.13. The van der Waals surface area contributed by atoms with Crippen molar-refractivity contribution in [2.24, 2.45) is 5.92 Å². The zero-order chi connectivity index (χ0) is 16.5. The lowest BCUT2D eigenvalue weighted by Crippen LogP contribution is -2.38. The van der Waals surface area contributed by atoms with Crippen molar-refractivity contribution in [1.29, 1.82) is 5.26 Å². The Kier molecular flexibility index (Phi) is 7.09. The number of nitriles is 1. The second kappa shape index (κ2) is 9.32. The fourth-order valence-electron chi connectivity index (χ4n) is 3.54. The third kappa shape index (κ3) is 5.37. The highest BCUT2D eigenvalue weighted by Gasteiger charge is 2.33. The number of benzene rings is 1. The van der Waals surface area contributed by atoms with Crippen molar-refractivity contribution >= 4 is 5.97 Å². The van der Waals surface area contributed by atoms with Crippen LogP contribution < -0.4 is 0 Å². The van der Waals surface area contributed by atoms with Crippen molar-refractivity contribution in [1.82, 2.24) is 4.90 Å². The smallest absolute Gasteiger partial charge is 0.306 e. The third-order valence-electron chi connectivity index (χ3n) is 4.56. The Balaban J connectivity index is 2.04. The summed E-state index contributed by atoms with van der Waals surface area (Å²) in [5, 5.41) is 8.95. The molecule has 1 aromatic carbocycles. The Morgan fingerprint density at radius 2 is 2.13 bits per heavy atom. The van der Waals surface area contributed by atoms with Gasteiger partial charge in [0, 0.05) is 32.0 Å². The summed E-state index contributed by atoms with van der Waals surface area (Å²) in [5.74, 6) is 0.251. The van der Waals surface area contributed by atoms with E-state index in [1.807, 2.05) is 25.1 Å². The van der Waals surface area contributed by atoms with Gasteiger partial charge < -0.3 is 4.74 Å². The first kappa shape index (κ1) is 17.5. The van der Waals surface area contributed by atoms with Crippen LogP contribution in [-0.4, -0.2) is 30.1 Å². The largest absolute Gasteiger partial charge is 0.466 e. The van der Waals surface area contributed by atoms with Crippen molar-refractivity contribution in [3.05, 3.63) is 35.9 Å². The Bertz CT molecular complexity index is 524. The van der Waals surface area contributed by atoms with Gasteiger partial charge in [0.15, 0.2) is 0 Å². The van der Waals surface area contributed by atoms with Crippen LogP contribution in [0.25, 0.3) is 0 Å². The maximum atomic E-state index is 11.8. The van der Waals surface area contributed by atoms with E-state index in [4.69, 9.17) is 10.00 Å². The fourth-order valence-corrected chi connectivity index (χ4v) is 3.54. The van der Waals surface area contributed by atoms with Gasteiger partial charge in [-0.05, 0) is 31.2 Å². The summed E-state index contributed by atoms with van der Waals surface area (Å²) in [6.45, 7) is 3.89. The summed E-state index contributed by atoms with van der Waals surface area (Å²) in [7, 11) is 0. The monoisotopic (exact) mass is 314 g/mol. The van der Waals surface area contributed by atoms with Gasteiger partial charge in [0.1, 0.15) is 0 Å². The Morgan fingerprint density at radius 3 is 2.83 bits per heavy atom. The average molecular weight is 314 g/mol. The van der Waals surface area contributed by atoms with Gasteiger partial charge in [0.25, 0.3) is 0 Å². The molecule has 1 saturated carbocycles. The van der Waals surface area contributed by atoms with Gasteiger partial charge in [-0.2, -0.15) is 5.26 Å². The lowest BCUT2D eigenvalue weighted by Gasteiger charge is -2.32. The molecule has 4 nitrogen and oxygen atoms in total. The van der Waals surface area contributed by atoms with Gasteiger partial charge in [-0.3, -0.25) is 9.69 Å². The van der Waals surface area contributed by atoms with E-state index in [1.165, 1.54) is 5.56 Å². The number of carbonyl (C=O) groups is 1. The molecule has 0 aliphatic heterocycles. The van der Waals surface area contributed by atoms with Crippen molar-refractivity contribution < 1.29 is 9.53 Å². The third-order valence-corrected chi connectivity index (χ3v) is 4.56. The van der Waals surface area contributed by atoms with Crippen LogP contribution in [-0.2, 0) is 16.1 Å². The molecule has 1 fully saturated rings. The normalized spacial score (nSPS) is 20.4. The molecule has 1 aliphatic rings. The van der Waals surface area contributed by atoms with Gasteiger partial charge >= 0.3 is 5.97 Å². The number of carbonyl (C=O) groups excluding carboxylic acids is 1. The number of rotatable bonds is 8. The quantitative estimate of drug-likeness (QED) is 0.689. The lowest BCUT2D eigenvalue weighted by molar-refractivity contribution is -0.144. The van der Waals surface area contributed by atoms with E-state index in [0.717, 1.165) is 32.4 Å². The molecule has 4 heteroatoms. The first-order chi connectivity index (χ1) is 11.2. The summed E-state index contributed by atoms with van der Waals surface area (Å²) in [4.78, 5) is 14.2. The SMILES string of the molecule is CCOC(=O)C[C@H]1CCC[C@H]1N(CCC#N)Cc1ccccc1. The highest BCUT2D eigenvalue weighted by atomic mass is 16.5.